The van der Waals surface area contributed by atoms with Crippen molar-refractivity contribution in [3.63, 3.8) is 0 Å². The van der Waals surface area contributed by atoms with Gasteiger partial charge in [0.25, 0.3) is 0 Å². The summed E-state index contributed by atoms with van der Waals surface area (Å²) in [5.41, 5.74) is 2.52. The molecule has 1 heterocycles. The first kappa shape index (κ1) is 16.7. The van der Waals surface area contributed by atoms with Gasteiger partial charge in [0, 0.05) is 12.1 Å². The van der Waals surface area contributed by atoms with E-state index in [0.717, 1.165) is 11.3 Å². The molecule has 3 rings (SSSR count). The molecule has 0 unspecified atom stereocenters. The van der Waals surface area contributed by atoms with Gasteiger partial charge in [-0.25, -0.2) is 4.79 Å². The summed E-state index contributed by atoms with van der Waals surface area (Å²) in [6.07, 6.45) is 0.637. The van der Waals surface area contributed by atoms with Gasteiger partial charge in [-0.1, -0.05) is 35.5 Å². The van der Waals surface area contributed by atoms with E-state index in [9.17, 15) is 4.79 Å². The van der Waals surface area contributed by atoms with E-state index in [4.69, 9.17) is 9.26 Å². The quantitative estimate of drug-likeness (QED) is 0.665. The normalized spacial score (nSPS) is 10.4. The molecular formula is C19H19N3O3. The Morgan fingerprint density at radius 2 is 1.88 bits per heavy atom. The van der Waals surface area contributed by atoms with Gasteiger partial charge in [-0.3, -0.25) is 0 Å². The predicted octanol–water partition coefficient (Wildman–Crippen LogP) is 3.45. The van der Waals surface area contributed by atoms with Crippen molar-refractivity contribution in [1.82, 2.24) is 10.1 Å². The van der Waals surface area contributed by atoms with Crippen LogP contribution in [0.2, 0.25) is 0 Å². The standard InChI is InChI=1S/C19H19N3O3/c1-2-24-19(23)15-8-10-16(11-9-15)20-13-18-21-17(22-25-18)12-14-6-4-3-5-7-14/h3-11,20H,2,12-13H2,1H3. The average Bonchev–Trinajstić information content (AvgIpc) is 3.09. The number of ether oxygens (including phenoxy) is 1. The first-order chi connectivity index (χ1) is 12.2. The molecule has 1 N–H and O–H groups in total. The van der Waals surface area contributed by atoms with Crippen LogP contribution in [0.15, 0.2) is 59.1 Å². The van der Waals surface area contributed by atoms with Gasteiger partial charge >= 0.3 is 5.97 Å². The smallest absolute Gasteiger partial charge is 0.338 e. The van der Waals surface area contributed by atoms with Gasteiger partial charge in [-0.2, -0.15) is 4.98 Å². The SMILES string of the molecule is CCOC(=O)c1ccc(NCc2nc(Cc3ccccc3)no2)cc1. The summed E-state index contributed by atoms with van der Waals surface area (Å²) in [4.78, 5) is 16.0. The molecule has 0 saturated heterocycles. The maximum Gasteiger partial charge on any atom is 0.338 e. The van der Waals surface area contributed by atoms with Gasteiger partial charge in [0.1, 0.15) is 0 Å². The highest BCUT2D eigenvalue weighted by Gasteiger charge is 2.08. The Hall–Kier alpha value is -3.15. The number of benzene rings is 2. The average molecular weight is 337 g/mol. The molecule has 0 aliphatic carbocycles. The Morgan fingerprint density at radius 3 is 2.60 bits per heavy atom. The van der Waals surface area contributed by atoms with Crippen molar-refractivity contribution in [3.05, 3.63) is 77.4 Å². The molecule has 6 heteroatoms. The predicted molar refractivity (Wildman–Crippen MR) is 93.3 cm³/mol. The third-order valence-corrected chi connectivity index (χ3v) is 3.55. The van der Waals surface area contributed by atoms with Crippen molar-refractivity contribution in [2.45, 2.75) is 19.9 Å². The number of carbonyl (C=O) groups is 1. The van der Waals surface area contributed by atoms with E-state index in [1.807, 2.05) is 42.5 Å². The minimum atomic E-state index is -0.323. The summed E-state index contributed by atoms with van der Waals surface area (Å²) in [6, 6.07) is 17.1. The van der Waals surface area contributed by atoms with Crippen molar-refractivity contribution >= 4 is 11.7 Å². The first-order valence-electron chi connectivity index (χ1n) is 8.11. The number of anilines is 1. The number of carbonyl (C=O) groups excluding carboxylic acids is 1. The Morgan fingerprint density at radius 1 is 1.12 bits per heavy atom. The highest BCUT2D eigenvalue weighted by atomic mass is 16.5. The van der Waals surface area contributed by atoms with E-state index in [-0.39, 0.29) is 5.97 Å². The topological polar surface area (TPSA) is 77.2 Å². The van der Waals surface area contributed by atoms with E-state index >= 15 is 0 Å². The molecule has 0 aliphatic heterocycles. The van der Waals surface area contributed by atoms with E-state index < -0.39 is 0 Å². The maximum atomic E-state index is 11.6. The fourth-order valence-electron chi connectivity index (χ4n) is 2.33. The van der Waals surface area contributed by atoms with Gasteiger partial charge < -0.3 is 14.6 Å². The van der Waals surface area contributed by atoms with Crippen LogP contribution < -0.4 is 5.32 Å². The summed E-state index contributed by atoms with van der Waals surface area (Å²) in [6.45, 7) is 2.56. The minimum Gasteiger partial charge on any atom is -0.462 e. The molecule has 2 aromatic carbocycles. The van der Waals surface area contributed by atoms with E-state index in [1.165, 1.54) is 0 Å². The lowest BCUT2D eigenvalue weighted by atomic mass is 10.1. The van der Waals surface area contributed by atoms with Crippen molar-refractivity contribution in [3.8, 4) is 0 Å². The number of rotatable bonds is 7. The number of esters is 1. The van der Waals surface area contributed by atoms with Crippen LogP contribution >= 0.6 is 0 Å². The van der Waals surface area contributed by atoms with Gasteiger partial charge in [0.15, 0.2) is 5.82 Å². The molecule has 0 fully saturated rings. The first-order valence-corrected chi connectivity index (χ1v) is 8.11. The molecule has 0 atom stereocenters. The zero-order chi connectivity index (χ0) is 17.5. The summed E-state index contributed by atoms with van der Waals surface area (Å²) in [5, 5.41) is 7.18. The Bertz CT molecular complexity index is 813. The van der Waals surface area contributed by atoms with Gasteiger partial charge in [-0.05, 0) is 36.8 Å². The van der Waals surface area contributed by atoms with E-state index in [0.29, 0.717) is 36.9 Å². The third kappa shape index (κ3) is 4.67. The molecule has 6 nitrogen and oxygen atoms in total. The Labute approximate surface area is 145 Å². The van der Waals surface area contributed by atoms with Crippen LogP contribution in [0.5, 0.6) is 0 Å². The van der Waals surface area contributed by atoms with Gasteiger partial charge in [0.2, 0.25) is 5.89 Å². The van der Waals surface area contributed by atoms with Crippen LogP contribution in [0.1, 0.15) is 34.6 Å². The highest BCUT2D eigenvalue weighted by molar-refractivity contribution is 5.89. The zero-order valence-corrected chi connectivity index (χ0v) is 13.9. The fraction of sp³-hybridized carbons (Fsp3) is 0.211. The molecule has 0 aliphatic rings. The summed E-state index contributed by atoms with van der Waals surface area (Å²) >= 11 is 0. The summed E-state index contributed by atoms with van der Waals surface area (Å²) in [5.74, 6) is 0.845. The lowest BCUT2D eigenvalue weighted by molar-refractivity contribution is 0.0526. The number of nitrogens with one attached hydrogen (secondary N) is 1. The molecule has 128 valence electrons. The summed E-state index contributed by atoms with van der Waals surface area (Å²) in [7, 11) is 0. The Kier molecular flexibility index (Phi) is 5.41. The number of hydrogen-bond acceptors (Lipinski definition) is 6. The van der Waals surface area contributed by atoms with Crippen molar-refractivity contribution in [2.75, 3.05) is 11.9 Å². The zero-order valence-electron chi connectivity index (χ0n) is 13.9. The third-order valence-electron chi connectivity index (χ3n) is 3.55. The molecule has 0 radical (unpaired) electrons. The highest BCUT2D eigenvalue weighted by Crippen LogP contribution is 2.12. The molecule has 0 saturated carbocycles. The maximum absolute atomic E-state index is 11.6. The molecule has 3 aromatic rings. The van der Waals surface area contributed by atoms with Crippen molar-refractivity contribution in [1.29, 1.82) is 0 Å². The number of nitrogens with zero attached hydrogens (tertiary/aromatic N) is 2. The van der Waals surface area contributed by atoms with Gasteiger partial charge in [-0.15, -0.1) is 0 Å². The summed E-state index contributed by atoms with van der Waals surface area (Å²) < 4.78 is 10.2. The molecule has 0 bridgehead atoms. The Balaban J connectivity index is 1.54. The molecule has 0 spiro atoms. The lowest BCUT2D eigenvalue weighted by Gasteiger charge is -2.05. The van der Waals surface area contributed by atoms with E-state index in [2.05, 4.69) is 15.5 Å². The van der Waals surface area contributed by atoms with Crippen molar-refractivity contribution < 1.29 is 14.1 Å². The lowest BCUT2D eigenvalue weighted by Crippen LogP contribution is -2.05. The number of hydrogen-bond donors (Lipinski definition) is 1. The molecule has 1 aromatic heterocycles. The minimum absolute atomic E-state index is 0.323. The van der Waals surface area contributed by atoms with Gasteiger partial charge in [0.05, 0.1) is 18.7 Å². The van der Waals surface area contributed by atoms with Crippen LogP contribution in [0.3, 0.4) is 0 Å². The fourth-order valence-corrected chi connectivity index (χ4v) is 2.33. The van der Waals surface area contributed by atoms with Crippen LogP contribution in [-0.2, 0) is 17.7 Å². The van der Waals surface area contributed by atoms with Crippen molar-refractivity contribution in [2.24, 2.45) is 0 Å². The second-order valence-corrected chi connectivity index (χ2v) is 5.42. The van der Waals surface area contributed by atoms with Crippen LogP contribution in [0.25, 0.3) is 0 Å². The second kappa shape index (κ2) is 8.10. The van der Waals surface area contributed by atoms with E-state index in [1.54, 1.807) is 19.1 Å². The van der Waals surface area contributed by atoms with Crippen LogP contribution in [0.4, 0.5) is 5.69 Å². The molecular weight excluding hydrogens is 318 g/mol. The largest absolute Gasteiger partial charge is 0.462 e. The molecule has 0 amide bonds. The van der Waals surface area contributed by atoms with Crippen LogP contribution in [-0.4, -0.2) is 22.7 Å². The second-order valence-electron chi connectivity index (χ2n) is 5.42. The molecule has 25 heavy (non-hydrogen) atoms. The van der Waals surface area contributed by atoms with Crippen LogP contribution in [0, 0.1) is 0 Å². The monoisotopic (exact) mass is 337 g/mol. The number of aromatic nitrogens is 2.